The first-order valence-electron chi connectivity index (χ1n) is 9.47. The number of hydrogen-bond donors (Lipinski definition) is 0. The number of benzene rings is 2. The highest BCUT2D eigenvalue weighted by Crippen LogP contribution is 2.29. The molecule has 0 bridgehead atoms. The largest absolute Gasteiger partial charge is 0.497 e. The van der Waals surface area contributed by atoms with Gasteiger partial charge in [-0.1, -0.05) is 6.07 Å². The molecule has 3 rings (SSSR count). The van der Waals surface area contributed by atoms with Crippen molar-refractivity contribution in [3.63, 3.8) is 0 Å². The monoisotopic (exact) mass is 420 g/mol. The summed E-state index contributed by atoms with van der Waals surface area (Å²) in [7, 11) is 1.16. The van der Waals surface area contributed by atoms with Gasteiger partial charge >= 0.3 is 0 Å². The van der Waals surface area contributed by atoms with Crippen molar-refractivity contribution in [1.82, 2.24) is 9.21 Å². The fourth-order valence-corrected chi connectivity index (χ4v) is 5.16. The zero-order valence-electron chi connectivity index (χ0n) is 17.3. The summed E-state index contributed by atoms with van der Waals surface area (Å²) in [6, 6.07) is 10.9. The van der Waals surface area contributed by atoms with Gasteiger partial charge < -0.3 is 14.2 Å². The molecule has 0 N–H and O–H groups in total. The normalized spacial score (nSPS) is 15.9. The maximum atomic E-state index is 13.2. The zero-order chi connectivity index (χ0) is 21.0. The van der Waals surface area contributed by atoms with Gasteiger partial charge in [-0.05, 0) is 42.8 Å². The Morgan fingerprint density at radius 3 is 2.14 bits per heavy atom. The Morgan fingerprint density at radius 2 is 1.52 bits per heavy atom. The lowest BCUT2D eigenvalue weighted by atomic mass is 10.1. The van der Waals surface area contributed by atoms with E-state index in [-0.39, 0.29) is 4.90 Å². The Balaban J connectivity index is 1.72. The molecule has 7 nitrogen and oxygen atoms in total. The third kappa shape index (κ3) is 4.66. The predicted molar refractivity (Wildman–Crippen MR) is 111 cm³/mol. The third-order valence-corrected chi connectivity index (χ3v) is 7.07. The molecule has 0 aliphatic carbocycles. The summed E-state index contributed by atoms with van der Waals surface area (Å²) >= 11 is 0. The number of nitrogens with zero attached hydrogens (tertiary/aromatic N) is 2. The van der Waals surface area contributed by atoms with E-state index in [1.807, 2.05) is 31.2 Å². The highest BCUT2D eigenvalue weighted by atomic mass is 32.2. The number of sulfonamides is 1. The fraction of sp³-hybridized carbons (Fsp3) is 0.429. The Bertz CT molecular complexity index is 954. The van der Waals surface area contributed by atoms with Crippen molar-refractivity contribution in [2.75, 3.05) is 47.5 Å². The molecule has 2 aromatic carbocycles. The van der Waals surface area contributed by atoms with E-state index in [2.05, 4.69) is 4.90 Å². The van der Waals surface area contributed by atoms with Gasteiger partial charge in [-0.3, -0.25) is 4.90 Å². The standard InChI is InChI=1S/C21H28N2O5S/c1-16-5-7-20(28-4)21(13-16)29(24,25)23-11-9-22(10-12-23)15-17-14-18(26-2)6-8-19(17)27-3/h5-8,13-14H,9-12,15H2,1-4H3. The molecular formula is C21H28N2O5S. The number of hydrogen-bond acceptors (Lipinski definition) is 6. The van der Waals surface area contributed by atoms with Crippen LogP contribution in [0.1, 0.15) is 11.1 Å². The van der Waals surface area contributed by atoms with Crippen LogP contribution in [0, 0.1) is 6.92 Å². The molecule has 1 aliphatic rings. The summed E-state index contributed by atoms with van der Waals surface area (Å²) < 4.78 is 43.9. The van der Waals surface area contributed by atoms with E-state index in [1.54, 1.807) is 26.4 Å². The molecule has 1 heterocycles. The molecule has 29 heavy (non-hydrogen) atoms. The average molecular weight is 421 g/mol. The number of rotatable bonds is 7. The summed E-state index contributed by atoms with van der Waals surface area (Å²) in [5, 5.41) is 0. The molecule has 0 unspecified atom stereocenters. The van der Waals surface area contributed by atoms with E-state index in [4.69, 9.17) is 14.2 Å². The highest BCUT2D eigenvalue weighted by Gasteiger charge is 2.31. The molecule has 0 aromatic heterocycles. The molecule has 1 aliphatic heterocycles. The summed E-state index contributed by atoms with van der Waals surface area (Å²) in [5.74, 6) is 1.94. The van der Waals surface area contributed by atoms with Gasteiger partial charge in [-0.15, -0.1) is 0 Å². The van der Waals surface area contributed by atoms with Gasteiger partial charge in [-0.25, -0.2) is 8.42 Å². The maximum absolute atomic E-state index is 13.2. The van der Waals surface area contributed by atoms with Crippen molar-refractivity contribution in [2.24, 2.45) is 0 Å². The topological polar surface area (TPSA) is 68.3 Å². The first-order chi connectivity index (χ1) is 13.9. The molecule has 2 aromatic rings. The lowest BCUT2D eigenvalue weighted by Crippen LogP contribution is -2.48. The van der Waals surface area contributed by atoms with Crippen molar-refractivity contribution >= 4 is 10.0 Å². The molecule has 8 heteroatoms. The zero-order valence-corrected chi connectivity index (χ0v) is 18.2. The van der Waals surface area contributed by atoms with E-state index in [0.29, 0.717) is 38.5 Å². The van der Waals surface area contributed by atoms with Gasteiger partial charge in [0.05, 0.1) is 21.3 Å². The van der Waals surface area contributed by atoms with Crippen molar-refractivity contribution in [1.29, 1.82) is 0 Å². The van der Waals surface area contributed by atoms with E-state index < -0.39 is 10.0 Å². The van der Waals surface area contributed by atoms with Gasteiger partial charge in [0, 0.05) is 38.3 Å². The second kappa shape index (κ2) is 9.02. The summed E-state index contributed by atoms with van der Waals surface area (Å²) in [5.41, 5.74) is 1.90. The molecule has 0 amide bonds. The Kier molecular flexibility index (Phi) is 6.66. The number of methoxy groups -OCH3 is 3. The molecule has 0 atom stereocenters. The first-order valence-corrected chi connectivity index (χ1v) is 10.9. The van der Waals surface area contributed by atoms with Crippen LogP contribution >= 0.6 is 0 Å². The van der Waals surface area contributed by atoms with Crippen LogP contribution in [0.25, 0.3) is 0 Å². The van der Waals surface area contributed by atoms with Crippen molar-refractivity contribution in [3.8, 4) is 17.2 Å². The highest BCUT2D eigenvalue weighted by molar-refractivity contribution is 7.89. The number of piperazine rings is 1. The van der Waals surface area contributed by atoms with E-state index in [1.165, 1.54) is 11.4 Å². The van der Waals surface area contributed by atoms with Crippen LogP contribution in [0.15, 0.2) is 41.3 Å². The van der Waals surface area contributed by atoms with Crippen LogP contribution in [0.2, 0.25) is 0 Å². The van der Waals surface area contributed by atoms with E-state index >= 15 is 0 Å². The first kappa shape index (κ1) is 21.4. The van der Waals surface area contributed by atoms with Crippen LogP contribution in [0.4, 0.5) is 0 Å². The molecule has 1 saturated heterocycles. The number of ether oxygens (including phenoxy) is 3. The smallest absolute Gasteiger partial charge is 0.246 e. The lowest BCUT2D eigenvalue weighted by molar-refractivity contribution is 0.179. The second-order valence-electron chi connectivity index (χ2n) is 7.01. The predicted octanol–water partition coefficient (Wildman–Crippen LogP) is 2.53. The second-order valence-corrected chi connectivity index (χ2v) is 8.92. The van der Waals surface area contributed by atoms with Crippen LogP contribution in [0.5, 0.6) is 17.2 Å². The minimum atomic E-state index is -3.61. The van der Waals surface area contributed by atoms with Gasteiger partial charge in [0.25, 0.3) is 0 Å². The third-order valence-electron chi connectivity index (χ3n) is 5.15. The fourth-order valence-electron chi connectivity index (χ4n) is 3.50. The molecule has 0 saturated carbocycles. The summed E-state index contributed by atoms with van der Waals surface area (Å²) in [6.45, 7) is 4.65. The van der Waals surface area contributed by atoms with Crippen LogP contribution in [-0.2, 0) is 16.6 Å². The van der Waals surface area contributed by atoms with Crippen molar-refractivity contribution in [2.45, 2.75) is 18.4 Å². The lowest BCUT2D eigenvalue weighted by Gasteiger charge is -2.34. The molecule has 158 valence electrons. The van der Waals surface area contributed by atoms with Gasteiger partial charge in [0.1, 0.15) is 22.1 Å². The quantitative estimate of drug-likeness (QED) is 0.686. The van der Waals surface area contributed by atoms with E-state index in [0.717, 1.165) is 22.6 Å². The molecule has 1 fully saturated rings. The molecule has 0 radical (unpaired) electrons. The van der Waals surface area contributed by atoms with Gasteiger partial charge in [-0.2, -0.15) is 4.31 Å². The Labute approximate surface area is 172 Å². The van der Waals surface area contributed by atoms with Crippen LogP contribution < -0.4 is 14.2 Å². The van der Waals surface area contributed by atoms with Crippen LogP contribution in [0.3, 0.4) is 0 Å². The molecular weight excluding hydrogens is 392 g/mol. The number of aryl methyl sites for hydroxylation is 1. The molecule has 0 spiro atoms. The minimum absolute atomic E-state index is 0.225. The minimum Gasteiger partial charge on any atom is -0.497 e. The average Bonchev–Trinajstić information content (AvgIpc) is 2.74. The Morgan fingerprint density at radius 1 is 0.862 bits per heavy atom. The van der Waals surface area contributed by atoms with E-state index in [9.17, 15) is 8.42 Å². The van der Waals surface area contributed by atoms with Gasteiger partial charge in [0.2, 0.25) is 10.0 Å². The maximum Gasteiger partial charge on any atom is 0.246 e. The SMILES string of the molecule is COc1ccc(OC)c(CN2CCN(S(=O)(=O)c3cc(C)ccc3OC)CC2)c1. The summed E-state index contributed by atoms with van der Waals surface area (Å²) in [6.07, 6.45) is 0. The van der Waals surface area contributed by atoms with Gasteiger partial charge in [0.15, 0.2) is 0 Å². The summed E-state index contributed by atoms with van der Waals surface area (Å²) in [4.78, 5) is 2.44. The Hall–Kier alpha value is -2.29. The van der Waals surface area contributed by atoms with Crippen LogP contribution in [-0.4, -0.2) is 65.1 Å². The van der Waals surface area contributed by atoms with Crippen molar-refractivity contribution < 1.29 is 22.6 Å². The van der Waals surface area contributed by atoms with Crippen molar-refractivity contribution in [3.05, 3.63) is 47.5 Å².